The van der Waals surface area contributed by atoms with E-state index in [2.05, 4.69) is 13.0 Å². The molecule has 0 N–H and O–H groups in total. The van der Waals surface area contributed by atoms with Gasteiger partial charge in [-0.2, -0.15) is 0 Å². The summed E-state index contributed by atoms with van der Waals surface area (Å²) in [6, 6.07) is 0. The first-order valence-electron chi connectivity index (χ1n) is 6.01. The average Bonchev–Trinajstić information content (AvgIpc) is 2.54. The van der Waals surface area contributed by atoms with Gasteiger partial charge in [-0.15, -0.1) is 0 Å². The maximum Gasteiger partial charge on any atom is 0.155 e. The lowest BCUT2D eigenvalue weighted by Gasteiger charge is -2.47. The molecule has 2 nitrogen and oxygen atoms in total. The molecule has 5 rings (SSSR count). The van der Waals surface area contributed by atoms with Crippen LogP contribution in [0.5, 0.6) is 0 Å². The highest BCUT2D eigenvalue weighted by Gasteiger charge is 2.67. The third-order valence-corrected chi connectivity index (χ3v) is 5.32. The normalized spacial score (nSPS) is 60.1. The van der Waals surface area contributed by atoms with Crippen LogP contribution in [0.15, 0.2) is 12.2 Å². The predicted molar refractivity (Wildman–Crippen MR) is 55.3 cm³/mol. The molecule has 0 unspecified atom stereocenters. The van der Waals surface area contributed by atoms with E-state index in [4.69, 9.17) is 4.74 Å². The minimum absolute atomic E-state index is 0.131. The molecular formula is C13H16O2. The average molecular weight is 204 g/mol. The number of carbonyl (C=O) groups is 1. The van der Waals surface area contributed by atoms with Crippen molar-refractivity contribution in [1.29, 1.82) is 0 Å². The molecule has 80 valence electrons. The van der Waals surface area contributed by atoms with Gasteiger partial charge in [0.15, 0.2) is 5.78 Å². The predicted octanol–water partition coefficient (Wildman–Crippen LogP) is 2.09. The van der Waals surface area contributed by atoms with Crippen LogP contribution in [0.3, 0.4) is 0 Å². The van der Waals surface area contributed by atoms with Gasteiger partial charge in [-0.1, -0.05) is 6.08 Å². The first-order chi connectivity index (χ1) is 7.11. The summed E-state index contributed by atoms with van der Waals surface area (Å²) >= 11 is 0. The van der Waals surface area contributed by atoms with Crippen LogP contribution in [0.2, 0.25) is 0 Å². The summed E-state index contributed by atoms with van der Waals surface area (Å²) in [5.74, 6) is 1.53. The minimum atomic E-state index is 0.131. The van der Waals surface area contributed by atoms with Crippen molar-refractivity contribution in [3.8, 4) is 0 Å². The van der Waals surface area contributed by atoms with Gasteiger partial charge in [-0.3, -0.25) is 4.79 Å². The van der Waals surface area contributed by atoms with E-state index in [-0.39, 0.29) is 5.60 Å². The fourth-order valence-electron chi connectivity index (χ4n) is 4.72. The lowest BCUT2D eigenvalue weighted by atomic mass is 9.62. The Morgan fingerprint density at radius 1 is 1.53 bits per heavy atom. The summed E-state index contributed by atoms with van der Waals surface area (Å²) < 4.78 is 6.17. The molecule has 15 heavy (non-hydrogen) atoms. The van der Waals surface area contributed by atoms with Gasteiger partial charge in [0.25, 0.3) is 0 Å². The first-order valence-corrected chi connectivity index (χ1v) is 6.01. The summed E-state index contributed by atoms with van der Waals surface area (Å²) in [6.45, 7) is 2.27. The zero-order chi connectivity index (χ0) is 10.3. The lowest BCUT2D eigenvalue weighted by molar-refractivity contribution is -0.137. The Bertz CT molecular complexity index is 386. The van der Waals surface area contributed by atoms with E-state index in [1.165, 1.54) is 12.8 Å². The zero-order valence-corrected chi connectivity index (χ0v) is 9.03. The summed E-state index contributed by atoms with van der Waals surface area (Å²) in [5, 5.41) is 0. The van der Waals surface area contributed by atoms with E-state index in [9.17, 15) is 4.79 Å². The van der Waals surface area contributed by atoms with Gasteiger partial charge < -0.3 is 4.74 Å². The van der Waals surface area contributed by atoms with Crippen molar-refractivity contribution in [3.63, 3.8) is 0 Å². The van der Waals surface area contributed by atoms with Gasteiger partial charge in [-0.25, -0.2) is 0 Å². The SMILES string of the molecule is C[C@]12C[C@@]34C=CC(=O)C[C@@H]3[C@H](C[C@@H]1C4)O2. The van der Waals surface area contributed by atoms with E-state index in [1.54, 1.807) is 0 Å². The maximum absolute atomic E-state index is 11.5. The number of allylic oxidation sites excluding steroid dienone is 2. The highest BCUT2D eigenvalue weighted by atomic mass is 16.5. The Morgan fingerprint density at radius 3 is 3.20 bits per heavy atom. The largest absolute Gasteiger partial charge is 0.371 e. The Balaban J connectivity index is 1.86. The third kappa shape index (κ3) is 0.840. The van der Waals surface area contributed by atoms with Gasteiger partial charge >= 0.3 is 0 Å². The van der Waals surface area contributed by atoms with Gasteiger partial charge in [0.05, 0.1) is 11.7 Å². The van der Waals surface area contributed by atoms with Crippen molar-refractivity contribution in [2.75, 3.05) is 0 Å². The number of ether oxygens (including phenoxy) is 1. The van der Waals surface area contributed by atoms with Crippen molar-refractivity contribution < 1.29 is 9.53 Å². The van der Waals surface area contributed by atoms with E-state index < -0.39 is 0 Å². The fourth-order valence-corrected chi connectivity index (χ4v) is 4.72. The van der Waals surface area contributed by atoms with Crippen molar-refractivity contribution in [1.82, 2.24) is 0 Å². The van der Waals surface area contributed by atoms with Gasteiger partial charge in [0, 0.05) is 12.3 Å². The van der Waals surface area contributed by atoms with Crippen LogP contribution in [0.1, 0.15) is 32.6 Å². The minimum Gasteiger partial charge on any atom is -0.371 e. The van der Waals surface area contributed by atoms with E-state index in [1.807, 2.05) is 6.08 Å². The Morgan fingerprint density at radius 2 is 2.40 bits per heavy atom. The highest BCUT2D eigenvalue weighted by Crippen LogP contribution is 2.68. The number of rotatable bonds is 0. The number of ketones is 1. The second-order valence-electron chi connectivity index (χ2n) is 6.13. The smallest absolute Gasteiger partial charge is 0.155 e. The molecule has 3 aliphatic carbocycles. The van der Waals surface area contributed by atoms with Crippen molar-refractivity contribution >= 4 is 5.78 Å². The molecular weight excluding hydrogens is 188 g/mol. The summed E-state index contributed by atoms with van der Waals surface area (Å²) in [7, 11) is 0. The lowest BCUT2D eigenvalue weighted by Crippen LogP contribution is -2.46. The van der Waals surface area contributed by atoms with Crippen LogP contribution in [0.25, 0.3) is 0 Å². The molecule has 0 aromatic heterocycles. The summed E-state index contributed by atoms with van der Waals surface area (Å²) in [4.78, 5) is 11.5. The second kappa shape index (κ2) is 2.22. The number of carbonyl (C=O) groups excluding carboxylic acids is 1. The Kier molecular flexibility index (Phi) is 1.26. The second-order valence-corrected chi connectivity index (χ2v) is 6.13. The maximum atomic E-state index is 11.5. The van der Waals surface area contributed by atoms with Gasteiger partial charge in [0.1, 0.15) is 0 Å². The molecule has 4 bridgehead atoms. The van der Waals surface area contributed by atoms with E-state index in [0.29, 0.717) is 23.2 Å². The van der Waals surface area contributed by atoms with Crippen LogP contribution in [-0.4, -0.2) is 17.5 Å². The summed E-state index contributed by atoms with van der Waals surface area (Å²) in [6.07, 6.45) is 8.75. The molecule has 4 fully saturated rings. The molecule has 0 radical (unpaired) electrons. The van der Waals surface area contributed by atoms with Crippen LogP contribution < -0.4 is 0 Å². The Labute approximate surface area is 89.7 Å². The quantitative estimate of drug-likeness (QED) is 0.604. The zero-order valence-electron chi connectivity index (χ0n) is 9.03. The Hall–Kier alpha value is -0.630. The third-order valence-electron chi connectivity index (χ3n) is 5.32. The van der Waals surface area contributed by atoms with Crippen molar-refractivity contribution in [2.24, 2.45) is 17.3 Å². The molecule has 0 aromatic carbocycles. The molecule has 0 amide bonds. The monoisotopic (exact) mass is 204 g/mol. The number of hydrogen-bond donors (Lipinski definition) is 0. The molecule has 2 aliphatic heterocycles. The van der Waals surface area contributed by atoms with Crippen LogP contribution >= 0.6 is 0 Å². The first kappa shape index (κ1) is 8.51. The molecule has 2 heteroatoms. The summed E-state index contributed by atoms with van der Waals surface area (Å²) in [5.41, 5.74) is 0.459. The molecule has 2 heterocycles. The van der Waals surface area contributed by atoms with Gasteiger partial charge in [0.2, 0.25) is 0 Å². The van der Waals surface area contributed by atoms with Crippen LogP contribution in [0, 0.1) is 17.3 Å². The fraction of sp³-hybridized carbons (Fsp3) is 0.769. The van der Waals surface area contributed by atoms with Crippen LogP contribution in [-0.2, 0) is 9.53 Å². The van der Waals surface area contributed by atoms with Crippen LogP contribution in [0.4, 0.5) is 0 Å². The topological polar surface area (TPSA) is 26.3 Å². The molecule has 0 aromatic rings. The molecule has 2 saturated heterocycles. The van der Waals surface area contributed by atoms with Gasteiger partial charge in [-0.05, 0) is 43.6 Å². The standard InChI is InChI=1S/C13H16O2/c1-12-7-13-3-2-9(14)5-10(13)11(15-12)4-8(12)6-13/h2-3,8,10-11H,4-7H2,1H3/t8-,10-,11+,12+,13+/m1/s1. The molecule has 5 atom stereocenters. The van der Waals surface area contributed by atoms with Crippen molar-refractivity contribution in [3.05, 3.63) is 12.2 Å². The molecule has 1 spiro atoms. The van der Waals surface area contributed by atoms with E-state index >= 15 is 0 Å². The highest BCUT2D eigenvalue weighted by molar-refractivity contribution is 5.91. The number of hydrogen-bond acceptors (Lipinski definition) is 2. The molecule has 2 saturated carbocycles. The van der Waals surface area contributed by atoms with Crippen molar-refractivity contribution in [2.45, 2.75) is 44.3 Å². The van der Waals surface area contributed by atoms with E-state index in [0.717, 1.165) is 18.8 Å². The molecule has 5 aliphatic rings.